The lowest BCUT2D eigenvalue weighted by atomic mass is 10.0. The average Bonchev–Trinajstić information content (AvgIpc) is 2.78. The SMILES string of the molecule is O=C(C=Cc1ccccc1)c1ccc2c(c1)CCCCO2. The van der Waals surface area contributed by atoms with E-state index in [9.17, 15) is 4.79 Å². The fourth-order valence-corrected chi connectivity index (χ4v) is 2.50. The first-order valence-electron chi connectivity index (χ1n) is 7.36. The van der Waals surface area contributed by atoms with Gasteiger partial charge >= 0.3 is 0 Å². The number of carbonyl (C=O) groups excluding carboxylic acids is 1. The summed E-state index contributed by atoms with van der Waals surface area (Å²) in [7, 11) is 0. The van der Waals surface area contributed by atoms with Crippen LogP contribution < -0.4 is 4.74 Å². The summed E-state index contributed by atoms with van der Waals surface area (Å²) in [4.78, 5) is 12.3. The molecule has 0 bridgehead atoms. The number of benzene rings is 2. The van der Waals surface area contributed by atoms with Gasteiger partial charge in [-0.25, -0.2) is 0 Å². The molecule has 0 aliphatic carbocycles. The van der Waals surface area contributed by atoms with Crippen LogP contribution in [0.1, 0.15) is 34.3 Å². The van der Waals surface area contributed by atoms with Crippen molar-refractivity contribution in [2.45, 2.75) is 19.3 Å². The maximum atomic E-state index is 12.3. The first-order chi connectivity index (χ1) is 10.3. The van der Waals surface area contributed by atoms with E-state index >= 15 is 0 Å². The van der Waals surface area contributed by atoms with Crippen LogP contribution >= 0.6 is 0 Å². The molecule has 2 heteroatoms. The van der Waals surface area contributed by atoms with E-state index in [1.807, 2.05) is 54.6 Å². The highest BCUT2D eigenvalue weighted by Crippen LogP contribution is 2.25. The summed E-state index contributed by atoms with van der Waals surface area (Å²) < 4.78 is 5.68. The van der Waals surface area contributed by atoms with E-state index in [2.05, 4.69) is 0 Å². The van der Waals surface area contributed by atoms with Crippen LogP contribution in [-0.2, 0) is 6.42 Å². The zero-order valence-electron chi connectivity index (χ0n) is 11.9. The number of hydrogen-bond acceptors (Lipinski definition) is 2. The van der Waals surface area contributed by atoms with Gasteiger partial charge < -0.3 is 4.74 Å². The van der Waals surface area contributed by atoms with E-state index in [0.717, 1.165) is 48.3 Å². The van der Waals surface area contributed by atoms with Crippen molar-refractivity contribution < 1.29 is 9.53 Å². The van der Waals surface area contributed by atoms with E-state index < -0.39 is 0 Å². The molecule has 0 unspecified atom stereocenters. The third-order valence-electron chi connectivity index (χ3n) is 3.67. The first kappa shape index (κ1) is 13.6. The molecule has 106 valence electrons. The summed E-state index contributed by atoms with van der Waals surface area (Å²) >= 11 is 0. The summed E-state index contributed by atoms with van der Waals surface area (Å²) in [6.07, 6.45) is 6.66. The molecule has 0 atom stereocenters. The van der Waals surface area contributed by atoms with Gasteiger partial charge in [-0.2, -0.15) is 0 Å². The maximum absolute atomic E-state index is 12.3. The van der Waals surface area contributed by atoms with Crippen LogP contribution in [0.2, 0.25) is 0 Å². The maximum Gasteiger partial charge on any atom is 0.185 e. The van der Waals surface area contributed by atoms with Crippen molar-refractivity contribution in [2.24, 2.45) is 0 Å². The van der Waals surface area contributed by atoms with Gasteiger partial charge in [0.2, 0.25) is 0 Å². The Labute approximate surface area is 125 Å². The molecule has 1 aliphatic heterocycles. The molecule has 2 nitrogen and oxygen atoms in total. The van der Waals surface area contributed by atoms with Crippen molar-refractivity contribution in [3.8, 4) is 5.75 Å². The molecule has 0 saturated carbocycles. The minimum absolute atomic E-state index is 0.0332. The zero-order valence-corrected chi connectivity index (χ0v) is 11.9. The van der Waals surface area contributed by atoms with Gasteiger partial charge in [0.15, 0.2) is 5.78 Å². The lowest BCUT2D eigenvalue weighted by Crippen LogP contribution is -1.98. The Morgan fingerprint density at radius 2 is 1.90 bits per heavy atom. The van der Waals surface area contributed by atoms with Crippen molar-refractivity contribution in [3.05, 3.63) is 71.3 Å². The fraction of sp³-hybridized carbons (Fsp3) is 0.211. The molecule has 21 heavy (non-hydrogen) atoms. The lowest BCUT2D eigenvalue weighted by molar-refractivity contribution is 0.104. The highest BCUT2D eigenvalue weighted by atomic mass is 16.5. The van der Waals surface area contributed by atoms with Crippen molar-refractivity contribution in [3.63, 3.8) is 0 Å². The number of hydrogen-bond donors (Lipinski definition) is 0. The van der Waals surface area contributed by atoms with Gasteiger partial charge in [-0.1, -0.05) is 36.4 Å². The number of rotatable bonds is 3. The van der Waals surface area contributed by atoms with E-state index in [0.29, 0.717) is 0 Å². The fourth-order valence-electron chi connectivity index (χ4n) is 2.50. The second-order valence-electron chi connectivity index (χ2n) is 5.24. The van der Waals surface area contributed by atoms with Gasteiger partial charge in [0.1, 0.15) is 5.75 Å². The Bertz CT molecular complexity index is 657. The van der Waals surface area contributed by atoms with E-state index in [1.54, 1.807) is 6.08 Å². The topological polar surface area (TPSA) is 26.3 Å². The van der Waals surface area contributed by atoms with Gasteiger partial charge in [-0.05, 0) is 54.7 Å². The molecule has 3 rings (SSSR count). The van der Waals surface area contributed by atoms with Gasteiger partial charge in [0, 0.05) is 5.56 Å². The summed E-state index contributed by atoms with van der Waals surface area (Å²) in [6.45, 7) is 0.772. The Morgan fingerprint density at radius 3 is 2.76 bits per heavy atom. The molecule has 0 spiro atoms. The smallest absolute Gasteiger partial charge is 0.185 e. The molecule has 1 aliphatic rings. The van der Waals surface area contributed by atoms with Crippen LogP contribution in [-0.4, -0.2) is 12.4 Å². The van der Waals surface area contributed by atoms with Crippen molar-refractivity contribution >= 4 is 11.9 Å². The molecule has 0 amide bonds. The van der Waals surface area contributed by atoms with E-state index in [4.69, 9.17) is 4.74 Å². The van der Waals surface area contributed by atoms with Gasteiger partial charge in [-0.15, -0.1) is 0 Å². The lowest BCUT2D eigenvalue weighted by Gasteiger charge is -2.07. The third kappa shape index (κ3) is 3.40. The predicted octanol–water partition coefficient (Wildman–Crippen LogP) is 4.30. The standard InChI is InChI=1S/C19H18O2/c20-18(11-9-15-6-2-1-3-7-15)16-10-12-19-17(14-16)8-4-5-13-21-19/h1-3,6-7,9-12,14H,4-5,8,13H2. The Kier molecular flexibility index (Phi) is 4.15. The Morgan fingerprint density at radius 1 is 1.05 bits per heavy atom. The number of ether oxygens (including phenoxy) is 1. The molecular formula is C19H18O2. The van der Waals surface area contributed by atoms with Crippen LogP contribution in [0.25, 0.3) is 6.08 Å². The molecule has 0 N–H and O–H groups in total. The number of ketones is 1. The van der Waals surface area contributed by atoms with E-state index in [1.165, 1.54) is 0 Å². The molecule has 0 aromatic heterocycles. The van der Waals surface area contributed by atoms with Crippen molar-refractivity contribution in [1.82, 2.24) is 0 Å². The summed E-state index contributed by atoms with van der Waals surface area (Å²) in [5.74, 6) is 0.960. The number of allylic oxidation sites excluding steroid dienone is 1. The molecule has 0 saturated heterocycles. The highest BCUT2D eigenvalue weighted by molar-refractivity contribution is 6.07. The monoisotopic (exact) mass is 278 g/mol. The minimum atomic E-state index is 0.0332. The zero-order chi connectivity index (χ0) is 14.5. The molecule has 2 aromatic carbocycles. The summed E-state index contributed by atoms with van der Waals surface area (Å²) in [6, 6.07) is 15.6. The van der Waals surface area contributed by atoms with Crippen LogP contribution in [0.15, 0.2) is 54.6 Å². The number of aryl methyl sites for hydroxylation is 1. The van der Waals surface area contributed by atoms with Crippen LogP contribution in [0, 0.1) is 0 Å². The Balaban J connectivity index is 1.79. The highest BCUT2D eigenvalue weighted by Gasteiger charge is 2.11. The molecule has 0 radical (unpaired) electrons. The predicted molar refractivity (Wildman–Crippen MR) is 84.7 cm³/mol. The second kappa shape index (κ2) is 6.40. The van der Waals surface area contributed by atoms with Gasteiger partial charge in [0.05, 0.1) is 6.61 Å². The second-order valence-corrected chi connectivity index (χ2v) is 5.24. The largest absolute Gasteiger partial charge is 0.493 e. The number of carbonyl (C=O) groups is 1. The van der Waals surface area contributed by atoms with Crippen molar-refractivity contribution in [2.75, 3.05) is 6.61 Å². The summed E-state index contributed by atoms with van der Waals surface area (Å²) in [5.41, 5.74) is 2.90. The van der Waals surface area contributed by atoms with Crippen LogP contribution in [0.4, 0.5) is 0 Å². The van der Waals surface area contributed by atoms with Gasteiger partial charge in [-0.3, -0.25) is 4.79 Å². The van der Waals surface area contributed by atoms with Crippen LogP contribution in [0.3, 0.4) is 0 Å². The molecular weight excluding hydrogens is 260 g/mol. The molecule has 0 fully saturated rings. The number of fused-ring (bicyclic) bond motifs is 1. The minimum Gasteiger partial charge on any atom is -0.493 e. The quantitative estimate of drug-likeness (QED) is 0.618. The first-order valence-corrected chi connectivity index (χ1v) is 7.36. The third-order valence-corrected chi connectivity index (χ3v) is 3.67. The van der Waals surface area contributed by atoms with E-state index in [-0.39, 0.29) is 5.78 Å². The molecule has 2 aromatic rings. The Hall–Kier alpha value is -2.35. The summed E-state index contributed by atoms with van der Waals surface area (Å²) in [5, 5.41) is 0. The average molecular weight is 278 g/mol. The normalized spacial score (nSPS) is 14.3. The van der Waals surface area contributed by atoms with Gasteiger partial charge in [0.25, 0.3) is 0 Å². The van der Waals surface area contributed by atoms with Crippen molar-refractivity contribution in [1.29, 1.82) is 0 Å². The molecule has 1 heterocycles. The van der Waals surface area contributed by atoms with Crippen LogP contribution in [0.5, 0.6) is 5.75 Å².